The van der Waals surface area contributed by atoms with Gasteiger partial charge in [-0.15, -0.1) is 8.78 Å². The summed E-state index contributed by atoms with van der Waals surface area (Å²) in [6.07, 6.45) is 27.5. The lowest BCUT2D eigenvalue weighted by Gasteiger charge is -2.35. The molecular weight excluding hydrogens is 801 g/mol. The number of carbonyl (C=O) groups excluding carboxylic acids is 3. The van der Waals surface area contributed by atoms with Gasteiger partial charge in [-0.25, -0.2) is 4.79 Å². The first kappa shape index (κ1) is 49.3. The topological polar surface area (TPSA) is 155 Å². The number of aliphatic hydroxyl groups is 2. The van der Waals surface area contributed by atoms with E-state index in [1.54, 1.807) is 6.07 Å². The zero-order chi connectivity index (χ0) is 43.0. The average molecular weight is 862 g/mol. The molecule has 1 aliphatic carbocycles. The second-order valence-electron chi connectivity index (χ2n) is 14.6. The van der Waals surface area contributed by atoms with Gasteiger partial charge in [0.1, 0.15) is 12.7 Å². The first-order chi connectivity index (χ1) is 28.3. The lowest BCUT2D eigenvalue weighted by Crippen LogP contribution is -2.55. The fraction of sp³-hybridized carbons (Fsp3) is 0.523. The molecule has 2 atom stereocenters. The van der Waals surface area contributed by atoms with Gasteiger partial charge in [0, 0.05) is 30.0 Å². The van der Waals surface area contributed by atoms with E-state index in [0.717, 1.165) is 38.5 Å². The van der Waals surface area contributed by atoms with Crippen LogP contribution in [0.1, 0.15) is 90.5 Å². The van der Waals surface area contributed by atoms with Crippen LogP contribution in [0.15, 0.2) is 91.1 Å². The quantitative estimate of drug-likeness (QED) is 0.0316. The molecule has 5 N–H and O–H groups in total. The van der Waals surface area contributed by atoms with Gasteiger partial charge in [-0.3, -0.25) is 9.59 Å². The smallest absolute Gasteiger partial charge is 0.447 e. The molecule has 3 rings (SSSR count). The Labute approximate surface area is 355 Å². The van der Waals surface area contributed by atoms with E-state index in [-0.39, 0.29) is 29.9 Å². The third-order valence-electron chi connectivity index (χ3n) is 9.27. The third-order valence-corrected chi connectivity index (χ3v) is 12.6. The first-order valence-corrected chi connectivity index (χ1v) is 22.5. The Balaban J connectivity index is 1.37. The Bertz CT molecular complexity index is 1660. The van der Waals surface area contributed by atoms with Gasteiger partial charge >= 0.3 is 12.4 Å². The van der Waals surface area contributed by atoms with Gasteiger partial charge in [0.25, 0.3) is 0 Å². The van der Waals surface area contributed by atoms with Gasteiger partial charge in [-0.05, 0) is 89.3 Å². The van der Waals surface area contributed by atoms with Crippen molar-refractivity contribution in [2.45, 2.75) is 114 Å². The van der Waals surface area contributed by atoms with Crippen molar-refractivity contribution < 1.29 is 47.6 Å². The van der Waals surface area contributed by atoms with Crippen LogP contribution in [-0.4, -0.2) is 83.4 Å². The second-order valence-corrected chi connectivity index (χ2v) is 17.6. The zero-order valence-electron chi connectivity index (χ0n) is 34.3. The number of hydrogen-bond donors (Lipinski definition) is 5. The maximum Gasteiger partial charge on any atom is 0.586 e. The minimum atomic E-state index is -3.78. The Kier molecular flexibility index (Phi) is 21.9. The van der Waals surface area contributed by atoms with Crippen molar-refractivity contribution in [1.29, 1.82) is 0 Å². The molecule has 1 aliphatic heterocycles. The number of alkyl carbamates (subject to hydrolysis) is 1. The highest BCUT2D eigenvalue weighted by Gasteiger charge is 2.53. The number of carbonyl (C=O) groups is 3. The van der Waals surface area contributed by atoms with E-state index in [4.69, 9.17) is 9.84 Å². The number of ether oxygens (including phenoxy) is 3. The molecule has 11 nitrogen and oxygen atoms in total. The Morgan fingerprint density at radius 3 is 2.03 bits per heavy atom. The molecule has 59 heavy (non-hydrogen) atoms. The largest absolute Gasteiger partial charge is 0.586 e. The van der Waals surface area contributed by atoms with Crippen LogP contribution in [0.4, 0.5) is 13.6 Å². The monoisotopic (exact) mass is 861 g/mol. The molecule has 15 heteroatoms. The average Bonchev–Trinajstić information content (AvgIpc) is 3.95. The van der Waals surface area contributed by atoms with E-state index >= 15 is 0 Å². The number of benzene rings is 1. The molecule has 1 aromatic carbocycles. The summed E-state index contributed by atoms with van der Waals surface area (Å²) in [5.74, 6) is -0.0590. The maximum atomic E-state index is 13.8. The Morgan fingerprint density at radius 1 is 0.881 bits per heavy atom. The van der Waals surface area contributed by atoms with Crippen LogP contribution in [0.25, 0.3) is 0 Å². The number of nitrogens with one attached hydrogen (secondary N) is 3. The van der Waals surface area contributed by atoms with Crippen LogP contribution in [0, 0.1) is 0 Å². The van der Waals surface area contributed by atoms with Crippen molar-refractivity contribution in [2.24, 2.45) is 0 Å². The van der Waals surface area contributed by atoms with Gasteiger partial charge in [0.2, 0.25) is 11.8 Å². The van der Waals surface area contributed by atoms with Crippen molar-refractivity contribution in [3.63, 3.8) is 0 Å². The number of rotatable bonds is 28. The van der Waals surface area contributed by atoms with E-state index in [9.17, 15) is 28.3 Å². The molecule has 0 aromatic heterocycles. The van der Waals surface area contributed by atoms with E-state index in [1.165, 1.54) is 33.7 Å². The summed E-state index contributed by atoms with van der Waals surface area (Å²) in [5, 5.41) is 27.2. The van der Waals surface area contributed by atoms with Gasteiger partial charge in [0.05, 0.1) is 18.1 Å². The first-order valence-electron chi connectivity index (χ1n) is 20.2. The second kappa shape index (κ2) is 26.2. The Hall–Kier alpha value is -4.05. The van der Waals surface area contributed by atoms with Crippen molar-refractivity contribution >= 4 is 39.5 Å². The van der Waals surface area contributed by atoms with Crippen LogP contribution in [0.5, 0.6) is 11.5 Å². The van der Waals surface area contributed by atoms with Gasteiger partial charge < -0.3 is 40.4 Å². The lowest BCUT2D eigenvalue weighted by atomic mass is 9.93. The van der Waals surface area contributed by atoms with Crippen molar-refractivity contribution in [3.8, 4) is 11.5 Å². The molecule has 3 amide bonds. The van der Waals surface area contributed by atoms with Crippen molar-refractivity contribution in [3.05, 3.63) is 96.7 Å². The number of halogens is 2. The number of amides is 3. The fourth-order valence-corrected chi connectivity index (χ4v) is 8.26. The molecule has 1 aromatic rings. The number of hydrogen-bond acceptors (Lipinski definition) is 10. The molecule has 0 unspecified atom stereocenters. The molecule has 0 saturated heterocycles. The molecule has 1 heterocycles. The molecule has 0 bridgehead atoms. The standard InChI is InChI=1S/C44H61F2N3O8S2/c1-4-5-6-7-8-9-10-11-12-13-14-15-16-17-18-19-20-21-22-23-39(52)47-28-29-58-59-42(2,3)38(31-48-41(54)55-33-35(51)32-50)49-40(53)43(26-27-43)34-24-25-36-37(30-34)57-44(45,46)56-36/h5-6,8-9,11-12,14-15,17-18,20-21,24-25,30,35,38,50-51H,4,7,10,13,16,19,22-23,26-29,31-33H2,1-3H3,(H,47,52)(H,48,54)(H,49,53)/b6-5-,9-8-,12-11-,15-14-,18-17-,21-20-/t35-,38+/m0/s1. The number of aliphatic hydroxyl groups excluding tert-OH is 2. The summed E-state index contributed by atoms with van der Waals surface area (Å²) in [7, 11) is 2.98. The Morgan fingerprint density at radius 2 is 1.46 bits per heavy atom. The predicted octanol–water partition coefficient (Wildman–Crippen LogP) is 8.36. The van der Waals surface area contributed by atoms with E-state index < -0.39 is 47.9 Å². The summed E-state index contributed by atoms with van der Waals surface area (Å²) in [5.41, 5.74) is -0.459. The van der Waals surface area contributed by atoms with Crippen LogP contribution >= 0.6 is 21.6 Å². The van der Waals surface area contributed by atoms with E-state index in [2.05, 4.69) is 99.2 Å². The minimum Gasteiger partial charge on any atom is -0.447 e. The molecular formula is C44H61F2N3O8S2. The van der Waals surface area contributed by atoms with Crippen molar-refractivity contribution in [2.75, 3.05) is 32.1 Å². The van der Waals surface area contributed by atoms with E-state index in [0.29, 0.717) is 43.5 Å². The number of fused-ring (bicyclic) bond motifs is 1. The highest BCUT2D eigenvalue weighted by molar-refractivity contribution is 8.77. The minimum absolute atomic E-state index is 0.0326. The SMILES string of the molecule is CC/C=C\C/C=C\C/C=C\C/C=C\C/C=C\C/C=C\CCC(=O)NCCSSC(C)(C)[C@@H](CNC(=O)OC[C@@H](O)CO)NC(=O)C1(c2ccc3c(c2)OC(F)(F)O3)CC1. The lowest BCUT2D eigenvalue weighted by molar-refractivity contribution is -0.286. The number of alkyl halides is 2. The normalized spacial score (nSPS) is 16.8. The summed E-state index contributed by atoms with van der Waals surface area (Å²) in [4.78, 5) is 38.6. The van der Waals surface area contributed by atoms with Gasteiger partial charge in [0.15, 0.2) is 11.5 Å². The molecule has 326 valence electrons. The van der Waals surface area contributed by atoms with Crippen LogP contribution in [0.2, 0.25) is 0 Å². The molecule has 2 aliphatic rings. The van der Waals surface area contributed by atoms with E-state index in [1.807, 2.05) is 19.9 Å². The molecule has 0 spiro atoms. The zero-order valence-corrected chi connectivity index (χ0v) is 36.0. The van der Waals surface area contributed by atoms with Crippen LogP contribution < -0.4 is 25.4 Å². The van der Waals surface area contributed by atoms with Crippen molar-refractivity contribution in [1.82, 2.24) is 16.0 Å². The summed E-state index contributed by atoms with van der Waals surface area (Å²) in [6, 6.07) is 3.69. The van der Waals surface area contributed by atoms with Crippen LogP contribution in [0.3, 0.4) is 0 Å². The maximum absolute atomic E-state index is 13.8. The highest BCUT2D eigenvalue weighted by atomic mass is 33.1. The number of allylic oxidation sites excluding steroid dienone is 12. The highest BCUT2D eigenvalue weighted by Crippen LogP contribution is 2.52. The molecule has 1 fully saturated rings. The fourth-order valence-electron chi connectivity index (χ4n) is 5.67. The van der Waals surface area contributed by atoms with Gasteiger partial charge in [-0.1, -0.05) is 107 Å². The summed E-state index contributed by atoms with van der Waals surface area (Å²) < 4.78 is 40.7. The predicted molar refractivity (Wildman–Crippen MR) is 233 cm³/mol. The summed E-state index contributed by atoms with van der Waals surface area (Å²) in [6.45, 7) is 5.38. The third kappa shape index (κ3) is 18.8. The molecule has 1 saturated carbocycles. The summed E-state index contributed by atoms with van der Waals surface area (Å²) >= 11 is 0. The molecule has 0 radical (unpaired) electrons. The van der Waals surface area contributed by atoms with Crippen LogP contribution in [-0.2, 0) is 19.7 Å². The van der Waals surface area contributed by atoms with Gasteiger partial charge in [-0.2, -0.15) is 0 Å².